The van der Waals surface area contributed by atoms with Crippen molar-refractivity contribution in [1.82, 2.24) is 15.3 Å². The molecule has 5 heterocycles. The third-order valence-corrected chi connectivity index (χ3v) is 8.80. The smallest absolute Gasteiger partial charge is 0.254 e. The number of nitrogens with zero attached hydrogens (tertiary/aromatic N) is 5. The number of rotatable bonds is 5. The molecule has 1 aromatic carbocycles. The normalized spacial score (nSPS) is 20.4. The Labute approximate surface area is 279 Å². The van der Waals surface area contributed by atoms with Crippen molar-refractivity contribution in [3.8, 4) is 0 Å². The van der Waals surface area contributed by atoms with E-state index in [1.807, 2.05) is 44.2 Å². The molecule has 248 valence electrons. The van der Waals surface area contributed by atoms with Gasteiger partial charge in [-0.1, -0.05) is 12.1 Å². The molecule has 12 heteroatoms. The molecule has 0 saturated carbocycles. The van der Waals surface area contributed by atoms with Crippen LogP contribution in [-0.4, -0.2) is 80.3 Å². The number of hydrogen-bond donors (Lipinski definition) is 2. The van der Waals surface area contributed by atoms with Crippen molar-refractivity contribution < 1.29 is 23.5 Å². The number of halogens is 1. The maximum atomic E-state index is 15.0. The summed E-state index contributed by atoms with van der Waals surface area (Å²) in [4.78, 5) is 42.4. The number of pyridine rings is 2. The van der Waals surface area contributed by atoms with Gasteiger partial charge in [0.25, 0.3) is 5.91 Å². The maximum Gasteiger partial charge on any atom is 0.254 e. The number of Topliss-reactive ketones (excluding diaryl/α,β-unsaturated/α-hetero) is 1. The molecule has 7 rings (SSSR count). The zero-order chi connectivity index (χ0) is 33.7. The van der Waals surface area contributed by atoms with E-state index in [-0.39, 0.29) is 11.4 Å². The summed E-state index contributed by atoms with van der Waals surface area (Å²) in [7, 11) is 0. The molecule has 0 radical (unpaired) electrons. The predicted molar refractivity (Wildman–Crippen MR) is 181 cm³/mol. The Hall–Kier alpha value is -5.12. The molecule has 4 aliphatic rings. The van der Waals surface area contributed by atoms with E-state index in [9.17, 15) is 9.59 Å². The fourth-order valence-electron chi connectivity index (χ4n) is 6.09. The minimum absolute atomic E-state index is 0.0727. The highest BCUT2D eigenvalue weighted by atomic mass is 19.1. The minimum atomic E-state index is -0.776. The van der Waals surface area contributed by atoms with Gasteiger partial charge in [0, 0.05) is 49.8 Å². The fraction of sp³-hybridized carbons (Fsp3) is 0.361. The van der Waals surface area contributed by atoms with E-state index in [4.69, 9.17) is 16.0 Å². The fourth-order valence-corrected chi connectivity index (χ4v) is 6.09. The van der Waals surface area contributed by atoms with Crippen LogP contribution in [0.3, 0.4) is 0 Å². The maximum absolute atomic E-state index is 15.0. The van der Waals surface area contributed by atoms with Crippen LogP contribution in [0.25, 0.3) is 4.85 Å². The Morgan fingerprint density at radius 2 is 1.58 bits per heavy atom. The lowest BCUT2D eigenvalue weighted by Gasteiger charge is -2.34. The first-order valence-electron chi connectivity index (χ1n) is 16.0. The molecule has 1 aliphatic carbocycles. The lowest BCUT2D eigenvalue weighted by molar-refractivity contribution is -0.119. The molecule has 3 aliphatic heterocycles. The van der Waals surface area contributed by atoms with Crippen LogP contribution >= 0.6 is 0 Å². The van der Waals surface area contributed by atoms with E-state index < -0.39 is 29.2 Å². The Kier molecular flexibility index (Phi) is 9.80. The average molecular weight is 652 g/mol. The number of para-hydroxylation sites is 1. The van der Waals surface area contributed by atoms with E-state index in [2.05, 4.69) is 35.2 Å². The van der Waals surface area contributed by atoms with Crippen molar-refractivity contribution >= 4 is 34.7 Å². The third kappa shape index (κ3) is 7.22. The molecule has 2 atom stereocenters. The molecule has 0 bridgehead atoms. The molecular formula is C36H38FN7O4. The minimum Gasteiger partial charge on any atom is -0.378 e. The van der Waals surface area contributed by atoms with Gasteiger partial charge < -0.3 is 29.9 Å². The van der Waals surface area contributed by atoms with Crippen LogP contribution in [0.5, 0.6) is 0 Å². The van der Waals surface area contributed by atoms with Gasteiger partial charge >= 0.3 is 0 Å². The number of fused-ring (bicyclic) bond motifs is 2. The van der Waals surface area contributed by atoms with Gasteiger partial charge in [-0.25, -0.2) is 19.2 Å². The number of aromatic nitrogens is 2. The summed E-state index contributed by atoms with van der Waals surface area (Å²) in [5.41, 5.74) is 1.87. The van der Waals surface area contributed by atoms with E-state index >= 15 is 4.39 Å². The number of ketones is 1. The number of ether oxygens (including phenoxy) is 2. The highest BCUT2D eigenvalue weighted by Gasteiger charge is 2.38. The number of benzene rings is 1. The monoisotopic (exact) mass is 651 g/mol. The molecule has 2 N–H and O–H groups in total. The second-order valence-electron chi connectivity index (χ2n) is 12.4. The number of carbonyl (C=O) groups is 2. The number of nitrogens with one attached hydrogen (secondary N) is 2. The largest absolute Gasteiger partial charge is 0.378 e. The number of hydrogen-bond acceptors (Lipinski definition) is 9. The van der Waals surface area contributed by atoms with Crippen LogP contribution in [0.2, 0.25) is 0 Å². The highest BCUT2D eigenvalue weighted by Crippen LogP contribution is 2.35. The molecule has 2 fully saturated rings. The summed E-state index contributed by atoms with van der Waals surface area (Å²) < 4.78 is 25.7. The van der Waals surface area contributed by atoms with Crippen molar-refractivity contribution in [2.45, 2.75) is 25.4 Å². The number of morpholine rings is 2. The van der Waals surface area contributed by atoms with Crippen molar-refractivity contribution in [3.63, 3.8) is 0 Å². The van der Waals surface area contributed by atoms with Crippen molar-refractivity contribution in [2.24, 2.45) is 5.92 Å². The van der Waals surface area contributed by atoms with E-state index in [0.29, 0.717) is 30.2 Å². The topological polar surface area (TPSA) is 113 Å². The van der Waals surface area contributed by atoms with Crippen molar-refractivity contribution in [2.75, 3.05) is 67.7 Å². The molecule has 2 aromatic heterocycles. The lowest BCUT2D eigenvalue weighted by Crippen LogP contribution is -2.44. The number of amides is 1. The van der Waals surface area contributed by atoms with Gasteiger partial charge in [0.05, 0.1) is 56.1 Å². The average Bonchev–Trinajstić information content (AvgIpc) is 3.13. The summed E-state index contributed by atoms with van der Waals surface area (Å²) in [6.07, 6.45) is 6.16. The SMILES string of the molecule is CC(C)(NC(=O)C1=CC2Nc3ccccc3C(=O)C2C=C1F)c1ccnc(N2CCOCC2)c1.[C-]#[N+]c1ccnc(N2CCOCC2)c1. The standard InChI is InChI=1S/C26H27FN4O3.C10H11N3O/c1-26(2,16-7-8-28-23(13-16)31-9-11-34-12-10-31)30-25(33)18-15-22-19(14-20(18)27)24(32)17-5-3-4-6-21(17)29-22;1-11-9-2-3-12-10(8-9)13-4-6-14-7-5-13/h3-8,13-15,19,22,29H,9-12H2,1-2H3,(H,30,33);2-3,8H,4-7H2. The Bertz CT molecular complexity index is 1770. The zero-order valence-electron chi connectivity index (χ0n) is 27.0. The van der Waals surface area contributed by atoms with Crippen LogP contribution in [0, 0.1) is 12.5 Å². The molecule has 11 nitrogen and oxygen atoms in total. The van der Waals surface area contributed by atoms with Crippen molar-refractivity contribution in [1.29, 1.82) is 0 Å². The summed E-state index contributed by atoms with van der Waals surface area (Å²) >= 11 is 0. The number of carbonyl (C=O) groups excluding carboxylic acids is 2. The van der Waals surface area contributed by atoms with Gasteiger partial charge in [0.1, 0.15) is 17.5 Å². The molecular weight excluding hydrogens is 613 g/mol. The molecule has 2 saturated heterocycles. The summed E-state index contributed by atoms with van der Waals surface area (Å²) in [5, 5.41) is 6.22. The van der Waals surface area contributed by atoms with E-state index in [1.54, 1.807) is 30.6 Å². The van der Waals surface area contributed by atoms with Crippen LogP contribution in [0.1, 0.15) is 29.8 Å². The molecule has 0 spiro atoms. The molecule has 1 amide bonds. The third-order valence-electron chi connectivity index (χ3n) is 8.80. The summed E-state index contributed by atoms with van der Waals surface area (Å²) in [6, 6.07) is 14.0. The Morgan fingerprint density at radius 3 is 2.25 bits per heavy atom. The second kappa shape index (κ2) is 14.3. The first kappa shape index (κ1) is 32.8. The van der Waals surface area contributed by atoms with Crippen LogP contribution < -0.4 is 20.4 Å². The van der Waals surface area contributed by atoms with Crippen LogP contribution in [0.4, 0.5) is 27.4 Å². The predicted octanol–water partition coefficient (Wildman–Crippen LogP) is 4.83. The Balaban J connectivity index is 0.000000239. The quantitative estimate of drug-likeness (QED) is 0.375. The van der Waals surface area contributed by atoms with Crippen LogP contribution in [0.15, 0.2) is 84.5 Å². The highest BCUT2D eigenvalue weighted by molar-refractivity contribution is 6.07. The summed E-state index contributed by atoms with van der Waals surface area (Å²) in [5.74, 6) is -0.365. The molecule has 48 heavy (non-hydrogen) atoms. The molecule has 2 unspecified atom stereocenters. The summed E-state index contributed by atoms with van der Waals surface area (Å²) in [6.45, 7) is 16.6. The first-order valence-corrected chi connectivity index (χ1v) is 16.0. The first-order chi connectivity index (χ1) is 23.2. The van der Waals surface area contributed by atoms with Gasteiger partial charge in [-0.3, -0.25) is 9.59 Å². The lowest BCUT2D eigenvalue weighted by atomic mass is 9.81. The van der Waals surface area contributed by atoms with E-state index in [0.717, 1.165) is 56.6 Å². The van der Waals surface area contributed by atoms with Gasteiger partial charge in [-0.15, -0.1) is 0 Å². The molecule has 3 aromatic rings. The number of anilines is 3. The second-order valence-corrected chi connectivity index (χ2v) is 12.4. The van der Waals surface area contributed by atoms with Gasteiger partial charge in [-0.2, -0.15) is 0 Å². The van der Waals surface area contributed by atoms with Crippen molar-refractivity contribution in [3.05, 3.63) is 107 Å². The van der Waals surface area contributed by atoms with Gasteiger partial charge in [0.15, 0.2) is 11.5 Å². The van der Waals surface area contributed by atoms with Gasteiger partial charge in [0.2, 0.25) is 0 Å². The van der Waals surface area contributed by atoms with Gasteiger partial charge in [-0.05, 0) is 68.0 Å². The Morgan fingerprint density at radius 1 is 0.958 bits per heavy atom. The van der Waals surface area contributed by atoms with E-state index in [1.165, 1.54) is 12.2 Å². The zero-order valence-corrected chi connectivity index (χ0v) is 27.0. The van der Waals surface area contributed by atoms with Crippen LogP contribution in [-0.2, 0) is 19.8 Å².